The number of piperidine rings is 1. The topological polar surface area (TPSA) is 101 Å². The number of hydrogen-bond donors (Lipinski definition) is 2. The summed E-state index contributed by atoms with van der Waals surface area (Å²) in [7, 11) is 0. The van der Waals surface area contributed by atoms with Gasteiger partial charge >= 0.3 is 11.8 Å². The fourth-order valence-corrected chi connectivity index (χ4v) is 3.37. The van der Waals surface area contributed by atoms with E-state index < -0.39 is 11.8 Å². The number of nitrogens with zero attached hydrogens (tertiary/aromatic N) is 3. The lowest BCUT2D eigenvalue weighted by Gasteiger charge is -2.38. The smallest absolute Gasteiger partial charge is 0.313 e. The second-order valence-electron chi connectivity index (χ2n) is 7.08. The van der Waals surface area contributed by atoms with Crippen LogP contribution in [0.4, 0.5) is 11.5 Å². The first-order chi connectivity index (χ1) is 13.2. The van der Waals surface area contributed by atoms with E-state index in [-0.39, 0.29) is 12.0 Å². The van der Waals surface area contributed by atoms with E-state index in [1.165, 1.54) is 6.20 Å². The Kier molecular flexibility index (Phi) is 7.34. The van der Waals surface area contributed by atoms with Gasteiger partial charge in [0.05, 0.1) is 17.9 Å². The normalized spacial score (nSPS) is 20.6. The number of carbonyl (C=O) groups is 2. The van der Waals surface area contributed by atoms with E-state index in [2.05, 4.69) is 28.9 Å². The number of rotatable bonds is 4. The van der Waals surface area contributed by atoms with Crippen molar-refractivity contribution in [3.63, 3.8) is 0 Å². The van der Waals surface area contributed by atoms with Gasteiger partial charge < -0.3 is 16.0 Å². The van der Waals surface area contributed by atoms with Crippen LogP contribution in [0.25, 0.3) is 0 Å². The van der Waals surface area contributed by atoms with Gasteiger partial charge in [-0.2, -0.15) is 0 Å². The molecule has 2 amide bonds. The molecule has 2 heterocycles. The zero-order chi connectivity index (χ0) is 20.8. The van der Waals surface area contributed by atoms with Crippen LogP contribution >= 0.6 is 11.6 Å². The summed E-state index contributed by atoms with van der Waals surface area (Å²) < 4.78 is 0. The van der Waals surface area contributed by atoms with Gasteiger partial charge in [-0.1, -0.05) is 18.5 Å². The van der Waals surface area contributed by atoms with E-state index in [1.807, 2.05) is 0 Å². The molecule has 0 spiro atoms. The van der Waals surface area contributed by atoms with Gasteiger partial charge in [0.2, 0.25) is 0 Å². The standard InChI is InChI=1S/C20H26ClN5O2/c1-12-5-6-17(15(9-23-4)8-14(3)21)26(11-12)20(28)19(27)25-16-7-13(2)18(22)24-10-16/h7-10,12,17H,4-6,11H2,1-3H3,(H2,22,24)(H,25,27)/b14-8+,15-9+/t12-,17+/m0/s1. The lowest BCUT2D eigenvalue weighted by molar-refractivity contribution is -0.145. The molecule has 1 aliphatic rings. The zero-order valence-electron chi connectivity index (χ0n) is 16.4. The maximum Gasteiger partial charge on any atom is 0.313 e. The van der Waals surface area contributed by atoms with Gasteiger partial charge in [0.25, 0.3) is 0 Å². The molecule has 1 saturated heterocycles. The van der Waals surface area contributed by atoms with Crippen LogP contribution in [0, 0.1) is 12.8 Å². The number of anilines is 2. The number of allylic oxidation sites excluding steroid dienone is 1. The molecule has 0 unspecified atom stereocenters. The highest BCUT2D eigenvalue weighted by molar-refractivity contribution is 6.39. The Labute approximate surface area is 170 Å². The van der Waals surface area contributed by atoms with E-state index in [0.29, 0.717) is 29.5 Å². The van der Waals surface area contributed by atoms with Crippen LogP contribution in [0.5, 0.6) is 0 Å². The van der Waals surface area contributed by atoms with Gasteiger partial charge in [0.15, 0.2) is 0 Å². The number of halogens is 1. The molecule has 0 aromatic carbocycles. The van der Waals surface area contributed by atoms with Crippen LogP contribution in [0.15, 0.2) is 40.1 Å². The molecule has 0 radical (unpaired) electrons. The molecular weight excluding hydrogens is 378 g/mol. The zero-order valence-corrected chi connectivity index (χ0v) is 17.2. The number of hydrogen-bond acceptors (Lipinski definition) is 5. The third kappa shape index (κ3) is 5.42. The highest BCUT2D eigenvalue weighted by Crippen LogP contribution is 2.28. The number of nitrogens with two attached hydrogens (primary N) is 1. The molecular formula is C20H26ClN5O2. The van der Waals surface area contributed by atoms with E-state index >= 15 is 0 Å². The number of aromatic nitrogens is 1. The number of likely N-dealkylation sites (tertiary alicyclic amines) is 1. The van der Waals surface area contributed by atoms with E-state index in [9.17, 15) is 9.59 Å². The average molecular weight is 404 g/mol. The van der Waals surface area contributed by atoms with E-state index in [1.54, 1.807) is 37.1 Å². The van der Waals surface area contributed by atoms with Crippen LogP contribution in [-0.2, 0) is 9.59 Å². The maximum atomic E-state index is 12.9. The summed E-state index contributed by atoms with van der Waals surface area (Å²) in [4.78, 5) is 35.0. The van der Waals surface area contributed by atoms with Crippen molar-refractivity contribution in [2.45, 2.75) is 39.7 Å². The fourth-order valence-electron chi connectivity index (χ4n) is 3.25. The van der Waals surface area contributed by atoms with Crippen molar-refractivity contribution >= 4 is 41.6 Å². The Bertz CT molecular complexity index is 830. The molecule has 3 N–H and O–H groups in total. The number of nitrogens with one attached hydrogen (secondary N) is 1. The molecule has 28 heavy (non-hydrogen) atoms. The number of aryl methyl sites for hydroxylation is 1. The van der Waals surface area contributed by atoms with Gasteiger partial charge in [0, 0.05) is 17.8 Å². The molecule has 0 aliphatic carbocycles. The van der Waals surface area contributed by atoms with Crippen LogP contribution in [0.2, 0.25) is 0 Å². The minimum Gasteiger partial charge on any atom is -0.383 e. The van der Waals surface area contributed by atoms with Crippen molar-refractivity contribution in [2.75, 3.05) is 17.6 Å². The number of aliphatic imine (C=N–C) groups is 1. The summed E-state index contributed by atoms with van der Waals surface area (Å²) in [6.45, 7) is 9.55. The van der Waals surface area contributed by atoms with E-state index in [0.717, 1.165) is 17.6 Å². The Morgan fingerprint density at radius 1 is 1.46 bits per heavy atom. The van der Waals surface area contributed by atoms with Crippen LogP contribution in [0.1, 0.15) is 32.3 Å². The molecule has 1 aromatic rings. The molecule has 0 saturated carbocycles. The van der Waals surface area contributed by atoms with Crippen molar-refractivity contribution in [3.8, 4) is 0 Å². The molecule has 1 aromatic heterocycles. The summed E-state index contributed by atoms with van der Waals surface area (Å²) in [5.41, 5.74) is 7.59. The quantitative estimate of drug-likeness (QED) is 0.457. The molecule has 1 fully saturated rings. The maximum absolute atomic E-state index is 12.9. The fraction of sp³-hybridized carbons (Fsp3) is 0.400. The third-order valence-corrected chi connectivity index (χ3v) is 4.75. The van der Waals surface area contributed by atoms with Crippen molar-refractivity contribution in [2.24, 2.45) is 10.9 Å². The third-order valence-electron chi connectivity index (χ3n) is 4.64. The lowest BCUT2D eigenvalue weighted by Crippen LogP contribution is -2.51. The second kappa shape index (κ2) is 9.50. The van der Waals surface area contributed by atoms with E-state index in [4.69, 9.17) is 17.3 Å². The van der Waals surface area contributed by atoms with Gasteiger partial charge in [-0.3, -0.25) is 14.6 Å². The largest absolute Gasteiger partial charge is 0.383 e. The minimum absolute atomic E-state index is 0.285. The molecule has 150 valence electrons. The van der Waals surface area contributed by atoms with Gasteiger partial charge in [-0.15, -0.1) is 0 Å². The summed E-state index contributed by atoms with van der Waals surface area (Å²) >= 11 is 6.04. The monoisotopic (exact) mass is 403 g/mol. The molecule has 0 bridgehead atoms. The molecule has 1 aliphatic heterocycles. The predicted molar refractivity (Wildman–Crippen MR) is 113 cm³/mol. The van der Waals surface area contributed by atoms with Gasteiger partial charge in [-0.05, 0) is 62.6 Å². The number of nitrogen functional groups attached to an aromatic ring is 1. The summed E-state index contributed by atoms with van der Waals surface area (Å²) in [5.74, 6) is -0.666. The van der Waals surface area contributed by atoms with Crippen molar-refractivity contribution < 1.29 is 9.59 Å². The summed E-state index contributed by atoms with van der Waals surface area (Å²) in [6, 6.07) is 1.39. The highest BCUT2D eigenvalue weighted by Gasteiger charge is 2.34. The molecule has 7 nitrogen and oxygen atoms in total. The highest BCUT2D eigenvalue weighted by atomic mass is 35.5. The lowest BCUT2D eigenvalue weighted by atomic mass is 9.89. The van der Waals surface area contributed by atoms with Crippen molar-refractivity contribution in [1.29, 1.82) is 0 Å². The van der Waals surface area contributed by atoms with Gasteiger partial charge in [0.1, 0.15) is 5.82 Å². The van der Waals surface area contributed by atoms with Crippen LogP contribution < -0.4 is 11.1 Å². The first-order valence-electron chi connectivity index (χ1n) is 9.06. The number of amides is 2. The molecule has 2 atom stereocenters. The van der Waals surface area contributed by atoms with Gasteiger partial charge in [-0.25, -0.2) is 4.98 Å². The SMILES string of the molecule is C=N/C=C(\C=C(/C)Cl)[C@H]1CC[C@H](C)CN1C(=O)C(=O)Nc1cnc(N)c(C)c1. The summed E-state index contributed by atoms with van der Waals surface area (Å²) in [6.07, 6.45) is 6.40. The van der Waals surface area contributed by atoms with Crippen LogP contribution in [-0.4, -0.2) is 41.0 Å². The number of pyridine rings is 1. The Morgan fingerprint density at radius 2 is 2.18 bits per heavy atom. The Hall–Kier alpha value is -2.67. The second-order valence-corrected chi connectivity index (χ2v) is 7.68. The predicted octanol–water partition coefficient (Wildman–Crippen LogP) is 3.26. The average Bonchev–Trinajstić information content (AvgIpc) is 2.63. The van der Waals surface area contributed by atoms with Crippen molar-refractivity contribution in [3.05, 3.63) is 40.7 Å². The first kappa shape index (κ1) is 21.6. The van der Waals surface area contributed by atoms with Crippen molar-refractivity contribution in [1.82, 2.24) is 9.88 Å². The Balaban J connectivity index is 2.26. The van der Waals surface area contributed by atoms with Crippen LogP contribution in [0.3, 0.4) is 0 Å². The Morgan fingerprint density at radius 3 is 2.79 bits per heavy atom. The number of carbonyl (C=O) groups excluding carboxylic acids is 2. The first-order valence-corrected chi connectivity index (χ1v) is 9.44. The molecule has 8 heteroatoms. The molecule has 2 rings (SSSR count). The minimum atomic E-state index is -0.720. The summed E-state index contributed by atoms with van der Waals surface area (Å²) in [5, 5.41) is 3.17.